The SMILES string of the molecule is CCCOc1ccc(/C=N/NC(=S)Nc2cc(S(=O)(=O)N(C)C)ccc2C)c(OCCC)c1. The number of ether oxygens (including phenoxy) is 2. The van der Waals surface area contributed by atoms with E-state index in [-0.39, 0.29) is 10.0 Å². The van der Waals surface area contributed by atoms with Crippen LogP contribution >= 0.6 is 12.2 Å². The third-order valence-electron chi connectivity index (χ3n) is 4.53. The molecule has 0 saturated heterocycles. The first kappa shape index (κ1) is 26.6. The highest BCUT2D eigenvalue weighted by Gasteiger charge is 2.18. The van der Waals surface area contributed by atoms with Crippen LogP contribution in [0.4, 0.5) is 5.69 Å². The van der Waals surface area contributed by atoms with Crippen molar-refractivity contribution < 1.29 is 17.9 Å². The quantitative estimate of drug-likeness (QED) is 0.277. The Morgan fingerprint density at radius 1 is 1.09 bits per heavy atom. The molecule has 2 aromatic rings. The van der Waals surface area contributed by atoms with Crippen molar-refractivity contribution in [2.45, 2.75) is 38.5 Å². The number of nitrogens with zero attached hydrogens (tertiary/aromatic N) is 2. The number of hydrazone groups is 1. The predicted molar refractivity (Wildman–Crippen MR) is 137 cm³/mol. The maximum Gasteiger partial charge on any atom is 0.242 e. The van der Waals surface area contributed by atoms with Crippen molar-refractivity contribution in [1.29, 1.82) is 0 Å². The lowest BCUT2D eigenvalue weighted by atomic mass is 10.2. The van der Waals surface area contributed by atoms with Gasteiger partial charge in [0.15, 0.2) is 5.11 Å². The Balaban J connectivity index is 2.11. The second kappa shape index (κ2) is 12.5. The largest absolute Gasteiger partial charge is 0.493 e. The van der Waals surface area contributed by atoms with Crippen molar-refractivity contribution in [3.63, 3.8) is 0 Å². The summed E-state index contributed by atoms with van der Waals surface area (Å²) in [7, 11) is -0.571. The molecule has 0 bridgehead atoms. The molecule has 0 aliphatic rings. The number of rotatable bonds is 11. The molecule has 2 aromatic carbocycles. The van der Waals surface area contributed by atoms with Crippen LogP contribution in [0.3, 0.4) is 0 Å². The molecule has 180 valence electrons. The maximum absolute atomic E-state index is 12.4. The number of nitrogens with one attached hydrogen (secondary N) is 2. The third kappa shape index (κ3) is 7.69. The number of anilines is 1. The fraction of sp³-hybridized carbons (Fsp3) is 0.391. The minimum atomic E-state index is -3.55. The minimum Gasteiger partial charge on any atom is -0.493 e. The van der Waals surface area contributed by atoms with Gasteiger partial charge in [0.2, 0.25) is 10.0 Å². The van der Waals surface area contributed by atoms with Gasteiger partial charge >= 0.3 is 0 Å². The molecule has 10 heteroatoms. The fourth-order valence-corrected chi connectivity index (χ4v) is 3.78. The van der Waals surface area contributed by atoms with Crippen LogP contribution in [-0.2, 0) is 10.0 Å². The van der Waals surface area contributed by atoms with E-state index < -0.39 is 10.0 Å². The molecule has 2 N–H and O–H groups in total. The first-order chi connectivity index (χ1) is 15.7. The van der Waals surface area contributed by atoms with Crippen molar-refractivity contribution in [1.82, 2.24) is 9.73 Å². The van der Waals surface area contributed by atoms with Crippen LogP contribution in [0.15, 0.2) is 46.4 Å². The maximum atomic E-state index is 12.4. The lowest BCUT2D eigenvalue weighted by Gasteiger charge is -2.15. The number of hydrogen-bond donors (Lipinski definition) is 2. The summed E-state index contributed by atoms with van der Waals surface area (Å²) in [5, 5.41) is 7.43. The van der Waals surface area contributed by atoms with Crippen molar-refractivity contribution in [2.75, 3.05) is 32.6 Å². The molecule has 0 aliphatic heterocycles. The molecule has 0 spiro atoms. The lowest BCUT2D eigenvalue weighted by Crippen LogP contribution is -2.25. The van der Waals surface area contributed by atoms with E-state index in [9.17, 15) is 8.42 Å². The molecule has 0 saturated carbocycles. The Labute approximate surface area is 202 Å². The van der Waals surface area contributed by atoms with Crippen molar-refractivity contribution in [3.8, 4) is 11.5 Å². The highest BCUT2D eigenvalue weighted by atomic mass is 32.2. The average molecular weight is 493 g/mol. The van der Waals surface area contributed by atoms with Gasteiger partial charge < -0.3 is 14.8 Å². The zero-order valence-corrected chi connectivity index (χ0v) is 21.3. The Kier molecular flexibility index (Phi) is 10.1. The number of benzene rings is 2. The molecule has 0 unspecified atom stereocenters. The van der Waals surface area contributed by atoms with Crippen LogP contribution in [0.2, 0.25) is 0 Å². The van der Waals surface area contributed by atoms with Crippen molar-refractivity contribution >= 4 is 39.3 Å². The van der Waals surface area contributed by atoms with Gasteiger partial charge in [-0.05, 0) is 61.8 Å². The van der Waals surface area contributed by atoms with Gasteiger partial charge in [-0.3, -0.25) is 5.43 Å². The van der Waals surface area contributed by atoms with Crippen LogP contribution in [-0.4, -0.2) is 51.4 Å². The monoisotopic (exact) mass is 492 g/mol. The summed E-state index contributed by atoms with van der Waals surface area (Å²) < 4.78 is 37.5. The fourth-order valence-electron chi connectivity index (χ4n) is 2.69. The smallest absolute Gasteiger partial charge is 0.242 e. The highest BCUT2D eigenvalue weighted by molar-refractivity contribution is 7.89. The number of thiocarbonyl (C=S) groups is 1. The first-order valence-corrected chi connectivity index (χ1v) is 12.6. The zero-order chi connectivity index (χ0) is 24.4. The molecular weight excluding hydrogens is 460 g/mol. The van der Waals surface area contributed by atoms with Crippen LogP contribution in [0, 0.1) is 6.92 Å². The Hall–Kier alpha value is -2.69. The molecule has 0 heterocycles. The van der Waals surface area contributed by atoms with Crippen LogP contribution in [0.1, 0.15) is 37.8 Å². The number of hydrogen-bond acceptors (Lipinski definition) is 6. The predicted octanol–water partition coefficient (Wildman–Crippen LogP) is 4.14. The van der Waals surface area contributed by atoms with Gasteiger partial charge in [0.1, 0.15) is 11.5 Å². The average Bonchev–Trinajstić information content (AvgIpc) is 2.78. The highest BCUT2D eigenvalue weighted by Crippen LogP contribution is 2.25. The molecule has 0 aliphatic carbocycles. The zero-order valence-electron chi connectivity index (χ0n) is 19.7. The van der Waals surface area contributed by atoms with E-state index in [1.165, 1.54) is 18.4 Å². The van der Waals surface area contributed by atoms with Gasteiger partial charge in [-0.25, -0.2) is 12.7 Å². The molecule has 0 aromatic heterocycles. The molecular formula is C23H32N4O4S2. The van der Waals surface area contributed by atoms with E-state index in [2.05, 4.69) is 22.8 Å². The van der Waals surface area contributed by atoms with E-state index >= 15 is 0 Å². The molecule has 2 rings (SSSR count). The van der Waals surface area contributed by atoms with Crippen LogP contribution < -0.4 is 20.2 Å². The second-order valence-corrected chi connectivity index (χ2v) is 10.0. The normalized spacial score (nSPS) is 11.6. The minimum absolute atomic E-state index is 0.176. The van der Waals surface area contributed by atoms with Gasteiger partial charge in [0.25, 0.3) is 0 Å². The van der Waals surface area contributed by atoms with Gasteiger partial charge in [-0.1, -0.05) is 19.9 Å². The summed E-state index contributed by atoms with van der Waals surface area (Å²) in [6.07, 6.45) is 3.42. The van der Waals surface area contributed by atoms with Gasteiger partial charge in [0.05, 0.1) is 24.3 Å². The number of aryl methyl sites for hydroxylation is 1. The van der Waals surface area contributed by atoms with Crippen LogP contribution in [0.5, 0.6) is 11.5 Å². The summed E-state index contributed by atoms with van der Waals surface area (Å²) in [6.45, 7) is 7.17. The van der Waals surface area contributed by atoms with Crippen molar-refractivity contribution in [3.05, 3.63) is 47.5 Å². The van der Waals surface area contributed by atoms with Gasteiger partial charge in [-0.2, -0.15) is 5.10 Å². The van der Waals surface area contributed by atoms with Gasteiger partial charge in [0, 0.05) is 31.4 Å². The summed E-state index contributed by atoms with van der Waals surface area (Å²) >= 11 is 5.32. The van der Waals surface area contributed by atoms with Gasteiger partial charge in [-0.15, -0.1) is 0 Å². The van der Waals surface area contributed by atoms with E-state index in [0.29, 0.717) is 24.7 Å². The standard InChI is InChI=1S/C23H32N4O4S2/c1-6-12-30-19-10-9-18(22(14-19)31-13-7-2)16-24-26-23(32)25-21-15-20(11-8-17(21)3)33(28,29)27(4)5/h8-11,14-16H,6-7,12-13H2,1-5H3,(H2,25,26,32)/b24-16+. The summed E-state index contributed by atoms with van der Waals surface area (Å²) in [6, 6.07) is 10.4. The van der Waals surface area contributed by atoms with E-state index in [0.717, 1.165) is 29.7 Å². The van der Waals surface area contributed by atoms with E-state index in [4.69, 9.17) is 21.7 Å². The Bertz CT molecular complexity index is 1090. The molecule has 0 atom stereocenters. The topological polar surface area (TPSA) is 92.3 Å². The van der Waals surface area contributed by atoms with E-state index in [1.54, 1.807) is 24.4 Å². The molecule has 0 fully saturated rings. The second-order valence-electron chi connectivity index (χ2n) is 7.48. The van der Waals surface area contributed by atoms with E-state index in [1.807, 2.05) is 32.0 Å². The molecule has 8 nitrogen and oxygen atoms in total. The Morgan fingerprint density at radius 2 is 1.79 bits per heavy atom. The number of sulfonamides is 1. The van der Waals surface area contributed by atoms with Crippen LogP contribution in [0.25, 0.3) is 0 Å². The third-order valence-corrected chi connectivity index (χ3v) is 6.53. The van der Waals surface area contributed by atoms with Crippen molar-refractivity contribution in [2.24, 2.45) is 5.10 Å². The summed E-state index contributed by atoms with van der Waals surface area (Å²) in [5.41, 5.74) is 4.96. The summed E-state index contributed by atoms with van der Waals surface area (Å²) in [5.74, 6) is 1.42. The summed E-state index contributed by atoms with van der Waals surface area (Å²) in [4.78, 5) is 0.176. The Morgan fingerprint density at radius 3 is 2.45 bits per heavy atom. The first-order valence-electron chi connectivity index (χ1n) is 10.7. The molecule has 33 heavy (non-hydrogen) atoms. The molecule has 0 amide bonds. The lowest BCUT2D eigenvalue weighted by molar-refractivity contribution is 0.301. The molecule has 0 radical (unpaired) electrons.